The predicted molar refractivity (Wildman–Crippen MR) is 59.3 cm³/mol. The molecule has 0 amide bonds. The van der Waals surface area contributed by atoms with Crippen LogP contribution < -0.4 is 0 Å². The topological polar surface area (TPSA) is 0 Å². The molecule has 1 unspecified atom stereocenters. The van der Waals surface area contributed by atoms with E-state index in [1.807, 2.05) is 0 Å². The van der Waals surface area contributed by atoms with Crippen molar-refractivity contribution in [1.29, 1.82) is 0 Å². The molecular formula is C13H18F. The van der Waals surface area contributed by atoms with Crippen LogP contribution in [0, 0.1) is 6.92 Å². The lowest BCUT2D eigenvalue weighted by molar-refractivity contribution is 0.464. The third-order valence-corrected chi connectivity index (χ3v) is 2.63. The predicted octanol–water partition coefficient (Wildman–Crippen LogP) is 3.70. The zero-order valence-electron chi connectivity index (χ0n) is 9.02. The van der Waals surface area contributed by atoms with Crippen molar-refractivity contribution in [3.8, 4) is 0 Å². The Labute approximate surface area is 86.2 Å². The van der Waals surface area contributed by atoms with Crippen molar-refractivity contribution >= 4 is 0 Å². The molecule has 1 atom stereocenters. The zero-order chi connectivity index (χ0) is 10.6. The number of hydrogen-bond donors (Lipinski definition) is 0. The summed E-state index contributed by atoms with van der Waals surface area (Å²) in [6.07, 6.45) is 1.95. The van der Waals surface area contributed by atoms with Gasteiger partial charge in [0.2, 0.25) is 0 Å². The van der Waals surface area contributed by atoms with E-state index in [1.54, 1.807) is 0 Å². The molecule has 0 saturated carbocycles. The summed E-state index contributed by atoms with van der Waals surface area (Å²) < 4.78 is 12.6. The van der Waals surface area contributed by atoms with Gasteiger partial charge in [-0.3, -0.25) is 4.39 Å². The monoisotopic (exact) mass is 193 g/mol. The van der Waals surface area contributed by atoms with Crippen LogP contribution in [0.2, 0.25) is 0 Å². The minimum atomic E-state index is -0.375. The fraction of sp³-hybridized carbons (Fsp3) is 0.462. The molecule has 14 heavy (non-hydrogen) atoms. The summed E-state index contributed by atoms with van der Waals surface area (Å²) in [5, 5.41) is 0. The first-order chi connectivity index (χ1) is 6.72. The van der Waals surface area contributed by atoms with Crippen LogP contribution >= 0.6 is 0 Å². The van der Waals surface area contributed by atoms with Gasteiger partial charge in [-0.25, -0.2) is 0 Å². The summed E-state index contributed by atoms with van der Waals surface area (Å²) in [6.45, 7) is 7.66. The zero-order valence-corrected chi connectivity index (χ0v) is 9.02. The van der Waals surface area contributed by atoms with Gasteiger partial charge in [-0.2, -0.15) is 0 Å². The standard InChI is InChI=1S/C13H18F/c1-4-11-6-7-12(5-2)13(8-11)10(3)9-14/h6-8,10H,3-5,9H2,1-2H3. The van der Waals surface area contributed by atoms with E-state index in [0.29, 0.717) is 0 Å². The lowest BCUT2D eigenvalue weighted by Gasteiger charge is -2.14. The Balaban J connectivity index is 3.08. The smallest absolute Gasteiger partial charge is 0.0963 e. The first kappa shape index (κ1) is 11.2. The van der Waals surface area contributed by atoms with E-state index in [4.69, 9.17) is 0 Å². The SMILES string of the molecule is [CH2]C(CF)c1cc(CC)ccc1CC. The van der Waals surface area contributed by atoms with Crippen molar-refractivity contribution < 1.29 is 4.39 Å². The van der Waals surface area contributed by atoms with E-state index in [0.717, 1.165) is 18.4 Å². The minimum Gasteiger partial charge on any atom is -0.250 e. The largest absolute Gasteiger partial charge is 0.250 e. The first-order valence-corrected chi connectivity index (χ1v) is 5.23. The van der Waals surface area contributed by atoms with Crippen LogP contribution in [0.5, 0.6) is 0 Å². The Morgan fingerprint density at radius 3 is 2.50 bits per heavy atom. The highest BCUT2D eigenvalue weighted by Crippen LogP contribution is 2.22. The van der Waals surface area contributed by atoms with Gasteiger partial charge in [-0.15, -0.1) is 0 Å². The van der Waals surface area contributed by atoms with Gasteiger partial charge >= 0.3 is 0 Å². The molecule has 0 aliphatic heterocycles. The average Bonchev–Trinajstić information content (AvgIpc) is 2.27. The number of benzene rings is 1. The molecule has 0 heterocycles. The van der Waals surface area contributed by atoms with E-state index in [1.165, 1.54) is 11.1 Å². The van der Waals surface area contributed by atoms with Crippen molar-refractivity contribution in [3.63, 3.8) is 0 Å². The van der Waals surface area contributed by atoms with E-state index in [2.05, 4.69) is 39.0 Å². The Kier molecular flexibility index (Phi) is 4.12. The van der Waals surface area contributed by atoms with Gasteiger partial charge in [0.1, 0.15) is 0 Å². The lowest BCUT2D eigenvalue weighted by atomic mass is 9.93. The molecule has 0 aliphatic rings. The minimum absolute atomic E-state index is 0.212. The number of rotatable bonds is 4. The third-order valence-electron chi connectivity index (χ3n) is 2.63. The number of aryl methyl sites for hydroxylation is 2. The Morgan fingerprint density at radius 1 is 1.29 bits per heavy atom. The summed E-state index contributed by atoms with van der Waals surface area (Å²) in [6, 6.07) is 6.31. The highest BCUT2D eigenvalue weighted by atomic mass is 19.1. The van der Waals surface area contributed by atoms with Crippen molar-refractivity contribution in [2.75, 3.05) is 6.67 Å². The molecule has 1 rings (SSSR count). The van der Waals surface area contributed by atoms with E-state index in [9.17, 15) is 4.39 Å². The molecule has 0 fully saturated rings. The van der Waals surface area contributed by atoms with Crippen LogP contribution in [0.1, 0.15) is 36.5 Å². The molecule has 77 valence electrons. The van der Waals surface area contributed by atoms with E-state index in [-0.39, 0.29) is 12.6 Å². The first-order valence-electron chi connectivity index (χ1n) is 5.23. The Morgan fingerprint density at radius 2 is 2.00 bits per heavy atom. The molecule has 1 aromatic carbocycles. The molecule has 0 aromatic heterocycles. The molecule has 1 radical (unpaired) electrons. The number of halogens is 1. The quantitative estimate of drug-likeness (QED) is 0.684. The third kappa shape index (κ3) is 2.34. The highest BCUT2D eigenvalue weighted by molar-refractivity contribution is 5.35. The molecule has 1 heteroatoms. The summed E-state index contributed by atoms with van der Waals surface area (Å²) in [4.78, 5) is 0. The number of alkyl halides is 1. The second kappa shape index (κ2) is 5.14. The molecule has 0 bridgehead atoms. The normalized spacial score (nSPS) is 12.9. The molecule has 0 aliphatic carbocycles. The van der Waals surface area contributed by atoms with Crippen LogP contribution in [-0.2, 0) is 12.8 Å². The van der Waals surface area contributed by atoms with Crippen molar-refractivity contribution in [2.45, 2.75) is 32.6 Å². The summed E-state index contributed by atoms with van der Waals surface area (Å²) in [5.74, 6) is -0.212. The fourth-order valence-electron chi connectivity index (χ4n) is 1.65. The van der Waals surface area contributed by atoms with E-state index < -0.39 is 0 Å². The van der Waals surface area contributed by atoms with Crippen molar-refractivity contribution in [3.05, 3.63) is 41.8 Å². The fourth-order valence-corrected chi connectivity index (χ4v) is 1.65. The molecule has 1 aromatic rings. The van der Waals surface area contributed by atoms with Crippen LogP contribution in [0.15, 0.2) is 18.2 Å². The van der Waals surface area contributed by atoms with Crippen molar-refractivity contribution in [2.24, 2.45) is 0 Å². The summed E-state index contributed by atoms with van der Waals surface area (Å²) in [7, 11) is 0. The molecular weight excluding hydrogens is 175 g/mol. The van der Waals surface area contributed by atoms with Crippen LogP contribution in [-0.4, -0.2) is 6.67 Å². The Bertz CT molecular complexity index is 291. The van der Waals surface area contributed by atoms with Crippen LogP contribution in [0.25, 0.3) is 0 Å². The molecule has 0 saturated heterocycles. The van der Waals surface area contributed by atoms with Gasteiger partial charge in [0.05, 0.1) is 6.67 Å². The van der Waals surface area contributed by atoms with Gasteiger partial charge in [-0.1, -0.05) is 32.0 Å². The molecule has 0 spiro atoms. The van der Waals surface area contributed by atoms with E-state index >= 15 is 0 Å². The van der Waals surface area contributed by atoms with Crippen molar-refractivity contribution in [1.82, 2.24) is 0 Å². The van der Waals surface area contributed by atoms with Crippen LogP contribution in [0.4, 0.5) is 4.39 Å². The molecule has 0 N–H and O–H groups in total. The number of hydrogen-bond acceptors (Lipinski definition) is 0. The maximum Gasteiger partial charge on any atom is 0.0963 e. The maximum atomic E-state index is 12.6. The maximum absolute atomic E-state index is 12.6. The van der Waals surface area contributed by atoms with Crippen LogP contribution in [0.3, 0.4) is 0 Å². The lowest BCUT2D eigenvalue weighted by Crippen LogP contribution is -2.02. The molecule has 0 nitrogen and oxygen atoms in total. The summed E-state index contributed by atoms with van der Waals surface area (Å²) in [5.41, 5.74) is 3.56. The van der Waals surface area contributed by atoms with Gasteiger partial charge in [0.25, 0.3) is 0 Å². The van der Waals surface area contributed by atoms with Gasteiger partial charge < -0.3 is 0 Å². The van der Waals surface area contributed by atoms with Gasteiger partial charge in [0, 0.05) is 5.92 Å². The highest BCUT2D eigenvalue weighted by Gasteiger charge is 2.09. The second-order valence-electron chi connectivity index (χ2n) is 3.59. The van der Waals surface area contributed by atoms with Gasteiger partial charge in [0.15, 0.2) is 0 Å². The average molecular weight is 193 g/mol. The summed E-state index contributed by atoms with van der Waals surface area (Å²) >= 11 is 0. The Hall–Kier alpha value is -0.850. The second-order valence-corrected chi connectivity index (χ2v) is 3.59. The van der Waals surface area contributed by atoms with Gasteiger partial charge in [-0.05, 0) is 36.5 Å².